The second-order valence-corrected chi connectivity index (χ2v) is 8.69. The molecular weight excluding hydrogens is 396 g/mol. The maximum atomic E-state index is 12.8. The molecule has 1 aliphatic rings. The Morgan fingerprint density at radius 3 is 2.60 bits per heavy atom. The molecule has 0 unspecified atom stereocenters. The molecule has 1 fully saturated rings. The number of carbonyl (C=O) groups is 1. The third-order valence-corrected chi connectivity index (χ3v) is 6.74. The molecule has 7 heteroatoms. The van der Waals surface area contributed by atoms with Crippen LogP contribution in [0, 0.1) is 12.8 Å². The molecule has 0 saturated carbocycles. The van der Waals surface area contributed by atoms with Crippen LogP contribution in [0.5, 0.6) is 0 Å². The van der Waals surface area contributed by atoms with E-state index in [4.69, 9.17) is 4.42 Å². The maximum absolute atomic E-state index is 12.8. The SMILES string of the molecule is CCn1c(SCC(=O)N2CCC(Cc3ccccc3)CC2)nnc1-c1ccoc1C. The van der Waals surface area contributed by atoms with Gasteiger partial charge in [-0.25, -0.2) is 0 Å². The van der Waals surface area contributed by atoms with Gasteiger partial charge in [-0.3, -0.25) is 4.79 Å². The van der Waals surface area contributed by atoms with Crippen molar-refractivity contribution in [2.45, 2.75) is 44.8 Å². The summed E-state index contributed by atoms with van der Waals surface area (Å²) < 4.78 is 7.45. The average Bonchev–Trinajstić information content (AvgIpc) is 3.38. The van der Waals surface area contributed by atoms with Crippen molar-refractivity contribution >= 4 is 17.7 Å². The number of hydrogen-bond acceptors (Lipinski definition) is 5. The molecule has 0 atom stereocenters. The van der Waals surface area contributed by atoms with Gasteiger partial charge in [-0.15, -0.1) is 10.2 Å². The molecule has 0 radical (unpaired) electrons. The molecule has 1 amide bonds. The largest absolute Gasteiger partial charge is 0.469 e. The summed E-state index contributed by atoms with van der Waals surface area (Å²) in [5.41, 5.74) is 2.34. The first kappa shape index (κ1) is 20.7. The monoisotopic (exact) mass is 424 g/mol. The third-order valence-electron chi connectivity index (χ3n) is 5.79. The molecule has 3 heterocycles. The van der Waals surface area contributed by atoms with E-state index < -0.39 is 0 Å². The van der Waals surface area contributed by atoms with E-state index in [1.165, 1.54) is 17.3 Å². The van der Waals surface area contributed by atoms with E-state index in [-0.39, 0.29) is 5.91 Å². The Bertz CT molecular complexity index is 974. The van der Waals surface area contributed by atoms with Crippen LogP contribution in [0.1, 0.15) is 31.1 Å². The van der Waals surface area contributed by atoms with Crippen LogP contribution < -0.4 is 0 Å². The zero-order valence-corrected chi connectivity index (χ0v) is 18.4. The lowest BCUT2D eigenvalue weighted by Gasteiger charge is -2.32. The van der Waals surface area contributed by atoms with E-state index in [0.29, 0.717) is 11.7 Å². The summed E-state index contributed by atoms with van der Waals surface area (Å²) >= 11 is 1.47. The Kier molecular flexibility index (Phi) is 6.57. The fraction of sp³-hybridized carbons (Fsp3) is 0.435. The van der Waals surface area contributed by atoms with Crippen LogP contribution in [0.2, 0.25) is 0 Å². The van der Waals surface area contributed by atoms with Crippen LogP contribution in [-0.4, -0.2) is 44.4 Å². The first-order valence-electron chi connectivity index (χ1n) is 10.6. The lowest BCUT2D eigenvalue weighted by molar-refractivity contribution is -0.129. The van der Waals surface area contributed by atoms with Crippen molar-refractivity contribution in [3.63, 3.8) is 0 Å². The molecular formula is C23H28N4O2S. The zero-order chi connectivity index (χ0) is 20.9. The topological polar surface area (TPSA) is 64.2 Å². The van der Waals surface area contributed by atoms with Gasteiger partial charge in [0, 0.05) is 19.6 Å². The highest BCUT2D eigenvalue weighted by molar-refractivity contribution is 7.99. The molecule has 6 nitrogen and oxygen atoms in total. The number of rotatable bonds is 7. The quantitative estimate of drug-likeness (QED) is 0.525. The van der Waals surface area contributed by atoms with Crippen molar-refractivity contribution in [1.82, 2.24) is 19.7 Å². The number of hydrogen-bond donors (Lipinski definition) is 0. The van der Waals surface area contributed by atoms with Crippen LogP contribution in [-0.2, 0) is 17.8 Å². The number of furan rings is 1. The highest BCUT2D eigenvalue weighted by atomic mass is 32.2. The minimum atomic E-state index is 0.185. The number of piperidine rings is 1. The summed E-state index contributed by atoms with van der Waals surface area (Å²) in [5.74, 6) is 2.85. The fourth-order valence-corrected chi connectivity index (χ4v) is 4.95. The summed E-state index contributed by atoms with van der Waals surface area (Å²) in [7, 11) is 0. The van der Waals surface area contributed by atoms with Gasteiger partial charge in [0.25, 0.3) is 0 Å². The van der Waals surface area contributed by atoms with E-state index in [0.717, 1.165) is 61.2 Å². The van der Waals surface area contributed by atoms with E-state index >= 15 is 0 Å². The summed E-state index contributed by atoms with van der Waals surface area (Å²) in [6.07, 6.45) is 4.91. The van der Waals surface area contributed by atoms with Crippen molar-refractivity contribution in [2.24, 2.45) is 5.92 Å². The van der Waals surface area contributed by atoms with E-state index in [2.05, 4.69) is 47.5 Å². The smallest absolute Gasteiger partial charge is 0.233 e. The van der Waals surface area contributed by atoms with E-state index in [1.54, 1.807) is 6.26 Å². The lowest BCUT2D eigenvalue weighted by atomic mass is 9.90. The van der Waals surface area contributed by atoms with Gasteiger partial charge in [-0.1, -0.05) is 42.1 Å². The molecule has 0 N–H and O–H groups in total. The summed E-state index contributed by atoms with van der Waals surface area (Å²) in [6, 6.07) is 12.5. The van der Waals surface area contributed by atoms with Gasteiger partial charge >= 0.3 is 0 Å². The lowest BCUT2D eigenvalue weighted by Crippen LogP contribution is -2.39. The van der Waals surface area contributed by atoms with E-state index in [9.17, 15) is 4.79 Å². The third kappa shape index (κ3) is 4.61. The van der Waals surface area contributed by atoms with Crippen LogP contribution in [0.25, 0.3) is 11.4 Å². The number of aryl methyl sites for hydroxylation is 1. The molecule has 30 heavy (non-hydrogen) atoms. The standard InChI is InChI=1S/C23H28N4O2S/c1-3-27-22(20-11-14-29-17(20)2)24-25-23(27)30-16-21(28)26-12-9-19(10-13-26)15-18-7-5-4-6-8-18/h4-8,11,14,19H,3,9-10,12-13,15-16H2,1-2H3. The predicted octanol–water partition coefficient (Wildman–Crippen LogP) is 4.44. The molecule has 1 aliphatic heterocycles. The number of amides is 1. The first-order valence-corrected chi connectivity index (χ1v) is 11.6. The van der Waals surface area contributed by atoms with Crippen molar-refractivity contribution in [3.8, 4) is 11.4 Å². The minimum absolute atomic E-state index is 0.185. The molecule has 158 valence electrons. The van der Waals surface area contributed by atoms with Crippen LogP contribution in [0.4, 0.5) is 0 Å². The van der Waals surface area contributed by atoms with Crippen molar-refractivity contribution < 1.29 is 9.21 Å². The number of likely N-dealkylation sites (tertiary alicyclic amines) is 1. The fourth-order valence-electron chi connectivity index (χ4n) is 4.05. The van der Waals surface area contributed by atoms with Crippen molar-refractivity contribution in [1.29, 1.82) is 0 Å². The van der Waals surface area contributed by atoms with Gasteiger partial charge in [-0.2, -0.15) is 0 Å². The van der Waals surface area contributed by atoms with Gasteiger partial charge in [0.05, 0.1) is 17.6 Å². The Balaban J connectivity index is 1.30. The average molecular weight is 425 g/mol. The summed E-state index contributed by atoms with van der Waals surface area (Å²) in [5, 5.41) is 9.44. The normalized spacial score (nSPS) is 14.9. The molecule has 3 aromatic rings. The highest BCUT2D eigenvalue weighted by Gasteiger charge is 2.24. The molecule has 1 aromatic carbocycles. The number of thioether (sulfide) groups is 1. The molecule has 0 bridgehead atoms. The van der Waals surface area contributed by atoms with Gasteiger partial charge in [0.1, 0.15) is 5.76 Å². The van der Waals surface area contributed by atoms with E-state index in [1.807, 2.05) is 22.5 Å². The second-order valence-electron chi connectivity index (χ2n) is 7.74. The number of carbonyl (C=O) groups excluding carboxylic acids is 1. The molecule has 2 aromatic heterocycles. The highest BCUT2D eigenvalue weighted by Crippen LogP contribution is 2.28. The van der Waals surface area contributed by atoms with Gasteiger partial charge in [0.2, 0.25) is 5.91 Å². The Morgan fingerprint density at radius 1 is 1.17 bits per heavy atom. The van der Waals surface area contributed by atoms with Crippen LogP contribution in [0.15, 0.2) is 52.2 Å². The second kappa shape index (κ2) is 9.51. The minimum Gasteiger partial charge on any atom is -0.469 e. The predicted molar refractivity (Wildman–Crippen MR) is 118 cm³/mol. The Labute approximate surface area is 181 Å². The van der Waals surface area contributed by atoms with Gasteiger partial charge < -0.3 is 13.9 Å². The van der Waals surface area contributed by atoms with Crippen molar-refractivity contribution in [3.05, 3.63) is 54.0 Å². The molecule has 0 spiro atoms. The summed E-state index contributed by atoms with van der Waals surface area (Å²) in [6.45, 7) is 6.41. The number of benzene rings is 1. The molecule has 1 saturated heterocycles. The first-order chi connectivity index (χ1) is 14.7. The molecule has 0 aliphatic carbocycles. The Hall–Kier alpha value is -2.54. The van der Waals surface area contributed by atoms with Crippen molar-refractivity contribution in [2.75, 3.05) is 18.8 Å². The van der Waals surface area contributed by atoms with Crippen LogP contribution >= 0.6 is 11.8 Å². The number of aromatic nitrogens is 3. The van der Waals surface area contributed by atoms with Crippen LogP contribution in [0.3, 0.4) is 0 Å². The van der Waals surface area contributed by atoms with Gasteiger partial charge in [-0.05, 0) is 50.7 Å². The van der Waals surface area contributed by atoms with Gasteiger partial charge in [0.15, 0.2) is 11.0 Å². The zero-order valence-electron chi connectivity index (χ0n) is 17.6. The number of nitrogens with zero attached hydrogens (tertiary/aromatic N) is 4. The maximum Gasteiger partial charge on any atom is 0.233 e. The Morgan fingerprint density at radius 2 is 1.93 bits per heavy atom. The molecule has 4 rings (SSSR count). The summed E-state index contributed by atoms with van der Waals surface area (Å²) in [4.78, 5) is 14.8.